The summed E-state index contributed by atoms with van der Waals surface area (Å²) in [5.41, 5.74) is 1.47. The summed E-state index contributed by atoms with van der Waals surface area (Å²) in [7, 11) is 0. The summed E-state index contributed by atoms with van der Waals surface area (Å²) in [6.45, 7) is 2.30. The number of benzene rings is 2. The molecule has 0 aliphatic rings. The minimum atomic E-state index is -4.41. The van der Waals surface area contributed by atoms with Gasteiger partial charge in [0.15, 0.2) is 5.83 Å². The van der Waals surface area contributed by atoms with Gasteiger partial charge in [0, 0.05) is 5.69 Å². The smallest absolute Gasteiger partial charge is 0.265 e. The van der Waals surface area contributed by atoms with Gasteiger partial charge in [0.2, 0.25) is 0 Å². The molecule has 26 heavy (non-hydrogen) atoms. The molecular formula is C20H15F4N2. The molecule has 1 radical (unpaired) electrons. The first-order chi connectivity index (χ1) is 12.3. The van der Waals surface area contributed by atoms with Gasteiger partial charge in [-0.2, -0.15) is 18.3 Å². The van der Waals surface area contributed by atoms with E-state index in [1.807, 2.05) is 25.1 Å². The van der Waals surface area contributed by atoms with Crippen LogP contribution in [0.25, 0.3) is 11.9 Å². The molecule has 0 saturated heterocycles. The van der Waals surface area contributed by atoms with E-state index in [2.05, 4.69) is 11.2 Å². The Balaban J connectivity index is 1.80. The summed E-state index contributed by atoms with van der Waals surface area (Å²) in [5.74, 6) is -0.605. The fourth-order valence-electron chi connectivity index (χ4n) is 2.48. The second-order valence-corrected chi connectivity index (χ2v) is 5.85. The van der Waals surface area contributed by atoms with E-state index < -0.39 is 17.6 Å². The Bertz CT molecular complexity index is 907. The maximum atomic E-state index is 14.4. The molecule has 0 atom stereocenters. The van der Waals surface area contributed by atoms with E-state index in [0.717, 1.165) is 23.4 Å². The maximum absolute atomic E-state index is 14.4. The molecule has 0 fully saturated rings. The van der Waals surface area contributed by atoms with Crippen LogP contribution in [0.5, 0.6) is 0 Å². The fourth-order valence-corrected chi connectivity index (χ4v) is 2.48. The zero-order chi connectivity index (χ0) is 18.7. The van der Waals surface area contributed by atoms with Crippen molar-refractivity contribution in [3.05, 3.63) is 88.7 Å². The summed E-state index contributed by atoms with van der Waals surface area (Å²) >= 11 is 0. The van der Waals surface area contributed by atoms with E-state index in [0.29, 0.717) is 12.1 Å². The Morgan fingerprint density at radius 1 is 1.19 bits per heavy atom. The maximum Gasteiger partial charge on any atom is 0.416 e. The van der Waals surface area contributed by atoms with Gasteiger partial charge in [-0.3, -0.25) is 4.68 Å². The Kier molecular flexibility index (Phi) is 4.93. The summed E-state index contributed by atoms with van der Waals surface area (Å²) in [5, 5.41) is 4.24. The molecule has 2 aromatic carbocycles. The van der Waals surface area contributed by atoms with E-state index in [9.17, 15) is 17.6 Å². The Labute approximate surface area is 148 Å². The van der Waals surface area contributed by atoms with Crippen LogP contribution < -0.4 is 0 Å². The monoisotopic (exact) mass is 359 g/mol. The molecule has 0 saturated carbocycles. The van der Waals surface area contributed by atoms with Crippen molar-refractivity contribution < 1.29 is 17.6 Å². The van der Waals surface area contributed by atoms with Crippen molar-refractivity contribution in [2.75, 3.05) is 0 Å². The molecule has 0 unspecified atom stereocenters. The SMILES string of the molecule is Cc1cc(/C(F)=C/c2ccc(C(F)(F)F)cc2)nn1Cc1c[c]ccc1. The van der Waals surface area contributed by atoms with E-state index >= 15 is 0 Å². The number of nitrogens with zero attached hydrogens (tertiary/aromatic N) is 2. The molecule has 0 amide bonds. The first-order valence-corrected chi connectivity index (χ1v) is 7.87. The van der Waals surface area contributed by atoms with Crippen LogP contribution >= 0.6 is 0 Å². The van der Waals surface area contributed by atoms with E-state index in [1.54, 1.807) is 16.8 Å². The molecule has 0 aliphatic heterocycles. The van der Waals surface area contributed by atoms with Gasteiger partial charge in [-0.1, -0.05) is 30.3 Å². The molecule has 3 aromatic rings. The number of rotatable bonds is 4. The molecule has 0 spiro atoms. The third-order valence-corrected chi connectivity index (χ3v) is 3.86. The molecule has 1 aromatic heterocycles. The van der Waals surface area contributed by atoms with Crippen molar-refractivity contribution in [2.24, 2.45) is 0 Å². The highest BCUT2D eigenvalue weighted by Crippen LogP contribution is 2.29. The number of halogens is 4. The van der Waals surface area contributed by atoms with Crippen LogP contribution in [-0.4, -0.2) is 9.78 Å². The number of hydrogen-bond acceptors (Lipinski definition) is 1. The molecule has 1 heterocycles. The van der Waals surface area contributed by atoms with Crippen LogP contribution in [0.1, 0.15) is 28.1 Å². The summed E-state index contributed by atoms with van der Waals surface area (Å²) < 4.78 is 53.8. The van der Waals surface area contributed by atoms with Gasteiger partial charge in [-0.15, -0.1) is 0 Å². The van der Waals surface area contributed by atoms with Crippen LogP contribution in [0.15, 0.2) is 54.6 Å². The Hall–Kier alpha value is -2.89. The summed E-state index contributed by atoms with van der Waals surface area (Å²) in [6, 6.07) is 16.3. The number of hydrogen-bond donors (Lipinski definition) is 0. The Morgan fingerprint density at radius 3 is 2.54 bits per heavy atom. The first-order valence-electron chi connectivity index (χ1n) is 7.87. The number of aromatic nitrogens is 2. The van der Waals surface area contributed by atoms with Crippen LogP contribution in [-0.2, 0) is 12.7 Å². The van der Waals surface area contributed by atoms with Gasteiger partial charge in [-0.25, -0.2) is 4.39 Å². The van der Waals surface area contributed by atoms with Crippen molar-refractivity contribution in [2.45, 2.75) is 19.6 Å². The van der Waals surface area contributed by atoms with Gasteiger partial charge in [0.05, 0.1) is 12.1 Å². The lowest BCUT2D eigenvalue weighted by atomic mass is 10.1. The fraction of sp³-hybridized carbons (Fsp3) is 0.150. The average molecular weight is 359 g/mol. The second kappa shape index (κ2) is 7.15. The molecule has 6 heteroatoms. The second-order valence-electron chi connectivity index (χ2n) is 5.85. The van der Waals surface area contributed by atoms with Crippen molar-refractivity contribution >= 4 is 11.9 Å². The lowest BCUT2D eigenvalue weighted by Crippen LogP contribution is -2.04. The number of aryl methyl sites for hydroxylation is 1. The highest BCUT2D eigenvalue weighted by atomic mass is 19.4. The summed E-state index contributed by atoms with van der Waals surface area (Å²) in [6.07, 6.45) is -3.24. The van der Waals surface area contributed by atoms with Crippen molar-refractivity contribution in [1.82, 2.24) is 9.78 Å². The normalized spacial score (nSPS) is 12.4. The van der Waals surface area contributed by atoms with Crippen molar-refractivity contribution in [1.29, 1.82) is 0 Å². The zero-order valence-electron chi connectivity index (χ0n) is 13.9. The molecule has 0 bridgehead atoms. The van der Waals surface area contributed by atoms with Gasteiger partial charge >= 0.3 is 6.18 Å². The van der Waals surface area contributed by atoms with E-state index in [1.165, 1.54) is 18.2 Å². The van der Waals surface area contributed by atoms with Crippen LogP contribution in [0.4, 0.5) is 17.6 Å². The van der Waals surface area contributed by atoms with Crippen LogP contribution in [0.3, 0.4) is 0 Å². The molecule has 3 rings (SSSR count). The van der Waals surface area contributed by atoms with Crippen molar-refractivity contribution in [3.63, 3.8) is 0 Å². The minimum absolute atomic E-state index is 0.141. The summed E-state index contributed by atoms with van der Waals surface area (Å²) in [4.78, 5) is 0. The number of alkyl halides is 3. The lowest BCUT2D eigenvalue weighted by molar-refractivity contribution is -0.137. The highest BCUT2D eigenvalue weighted by Gasteiger charge is 2.29. The lowest BCUT2D eigenvalue weighted by Gasteiger charge is -2.06. The van der Waals surface area contributed by atoms with E-state index in [4.69, 9.17) is 0 Å². The van der Waals surface area contributed by atoms with Gasteiger partial charge < -0.3 is 0 Å². The molecule has 0 N–H and O–H groups in total. The third-order valence-electron chi connectivity index (χ3n) is 3.86. The predicted octanol–water partition coefficient (Wildman–Crippen LogP) is 5.53. The standard InChI is InChI=1S/C20H15F4N2/c1-14-11-19(25-26(14)13-16-5-3-2-4-6-16)18(21)12-15-7-9-17(10-8-15)20(22,23)24/h2-3,5-12H,13H2,1H3/b18-12-. The molecule has 2 nitrogen and oxygen atoms in total. The quantitative estimate of drug-likeness (QED) is 0.560. The molecule has 0 aliphatic carbocycles. The van der Waals surface area contributed by atoms with Crippen LogP contribution in [0, 0.1) is 13.0 Å². The largest absolute Gasteiger partial charge is 0.416 e. The molecule has 133 valence electrons. The topological polar surface area (TPSA) is 17.8 Å². The molecular weight excluding hydrogens is 344 g/mol. The van der Waals surface area contributed by atoms with Crippen molar-refractivity contribution in [3.8, 4) is 0 Å². The highest BCUT2D eigenvalue weighted by molar-refractivity contribution is 5.75. The average Bonchev–Trinajstić information content (AvgIpc) is 2.96. The predicted molar refractivity (Wildman–Crippen MR) is 91.8 cm³/mol. The zero-order valence-corrected chi connectivity index (χ0v) is 13.9. The Morgan fingerprint density at radius 2 is 1.92 bits per heavy atom. The first kappa shape index (κ1) is 17.9. The minimum Gasteiger partial charge on any atom is -0.265 e. The van der Waals surface area contributed by atoms with Gasteiger partial charge in [-0.05, 0) is 54.5 Å². The third kappa shape index (κ3) is 4.20. The van der Waals surface area contributed by atoms with Gasteiger partial charge in [0.25, 0.3) is 0 Å². The van der Waals surface area contributed by atoms with Gasteiger partial charge in [0.1, 0.15) is 5.69 Å². The van der Waals surface area contributed by atoms with Crippen LogP contribution in [0.2, 0.25) is 0 Å². The van der Waals surface area contributed by atoms with E-state index in [-0.39, 0.29) is 5.69 Å².